The van der Waals surface area contributed by atoms with Crippen LogP contribution in [0.3, 0.4) is 0 Å². The molecule has 0 N–H and O–H groups in total. The standard InChI is InChI=1S/C12H14ClNO3/c1-8-4-9(11(16)6-13)10(14(2)7-15)5-12(8)17-3/h4-5,7H,6H2,1-3H3. The van der Waals surface area contributed by atoms with Crippen LogP contribution in [0, 0.1) is 6.92 Å². The Labute approximate surface area is 105 Å². The molecule has 4 nitrogen and oxygen atoms in total. The van der Waals surface area contributed by atoms with Gasteiger partial charge in [-0.25, -0.2) is 0 Å². The number of rotatable bonds is 5. The number of anilines is 1. The summed E-state index contributed by atoms with van der Waals surface area (Å²) in [5, 5.41) is 0. The van der Waals surface area contributed by atoms with Crippen molar-refractivity contribution in [2.45, 2.75) is 6.92 Å². The van der Waals surface area contributed by atoms with Gasteiger partial charge >= 0.3 is 0 Å². The third-order valence-electron chi connectivity index (χ3n) is 2.47. The Bertz CT molecular complexity index is 446. The number of benzene rings is 1. The summed E-state index contributed by atoms with van der Waals surface area (Å²) < 4.78 is 5.16. The first kappa shape index (κ1) is 13.5. The van der Waals surface area contributed by atoms with Crippen LogP contribution in [0.5, 0.6) is 5.75 Å². The van der Waals surface area contributed by atoms with Crippen molar-refractivity contribution >= 4 is 29.5 Å². The molecule has 0 spiro atoms. The van der Waals surface area contributed by atoms with Crippen LogP contribution in [0.1, 0.15) is 15.9 Å². The van der Waals surface area contributed by atoms with Crippen molar-refractivity contribution in [3.8, 4) is 5.75 Å². The molecule has 92 valence electrons. The Morgan fingerprint density at radius 1 is 1.53 bits per heavy atom. The molecule has 17 heavy (non-hydrogen) atoms. The third-order valence-corrected chi connectivity index (χ3v) is 2.72. The summed E-state index contributed by atoms with van der Waals surface area (Å²) in [6.45, 7) is 1.83. The van der Waals surface area contributed by atoms with Crippen LogP contribution in [0.4, 0.5) is 5.69 Å². The molecule has 0 unspecified atom stereocenters. The van der Waals surface area contributed by atoms with Crippen LogP contribution in [0.25, 0.3) is 0 Å². The van der Waals surface area contributed by atoms with Gasteiger partial charge in [-0.2, -0.15) is 0 Å². The number of aryl methyl sites for hydroxylation is 1. The normalized spacial score (nSPS) is 9.88. The molecule has 0 aromatic heterocycles. The zero-order valence-corrected chi connectivity index (χ0v) is 10.7. The van der Waals surface area contributed by atoms with E-state index in [0.29, 0.717) is 23.4 Å². The van der Waals surface area contributed by atoms with E-state index < -0.39 is 0 Å². The predicted octanol–water partition coefficient (Wildman–Crippen LogP) is 2.02. The van der Waals surface area contributed by atoms with Crippen LogP contribution in [0.2, 0.25) is 0 Å². The second kappa shape index (κ2) is 5.68. The average Bonchev–Trinajstić information content (AvgIpc) is 2.36. The molecule has 5 heteroatoms. The van der Waals surface area contributed by atoms with E-state index in [1.165, 1.54) is 12.0 Å². The molecule has 0 atom stereocenters. The Hall–Kier alpha value is -1.55. The zero-order valence-electron chi connectivity index (χ0n) is 9.99. The highest BCUT2D eigenvalue weighted by molar-refractivity contribution is 6.31. The fraction of sp³-hybridized carbons (Fsp3) is 0.333. The van der Waals surface area contributed by atoms with Crippen LogP contribution in [0.15, 0.2) is 12.1 Å². The molecular formula is C12H14ClNO3. The van der Waals surface area contributed by atoms with Crippen molar-refractivity contribution in [1.82, 2.24) is 0 Å². The van der Waals surface area contributed by atoms with Crippen molar-refractivity contribution in [2.75, 3.05) is 24.9 Å². The van der Waals surface area contributed by atoms with E-state index >= 15 is 0 Å². The Kier molecular flexibility index (Phi) is 4.52. The highest BCUT2D eigenvalue weighted by atomic mass is 35.5. The number of amides is 1. The van der Waals surface area contributed by atoms with E-state index in [9.17, 15) is 9.59 Å². The first-order valence-corrected chi connectivity index (χ1v) is 5.54. The van der Waals surface area contributed by atoms with Gasteiger partial charge in [-0.3, -0.25) is 9.59 Å². The lowest BCUT2D eigenvalue weighted by Gasteiger charge is -2.17. The van der Waals surface area contributed by atoms with E-state index in [1.807, 2.05) is 6.92 Å². The van der Waals surface area contributed by atoms with Gasteiger partial charge in [-0.1, -0.05) is 0 Å². The van der Waals surface area contributed by atoms with Crippen molar-refractivity contribution in [3.63, 3.8) is 0 Å². The fourth-order valence-electron chi connectivity index (χ4n) is 1.54. The number of ketones is 1. The van der Waals surface area contributed by atoms with E-state index in [1.54, 1.807) is 19.2 Å². The van der Waals surface area contributed by atoms with Crippen LogP contribution < -0.4 is 9.64 Å². The molecule has 0 aliphatic rings. The van der Waals surface area contributed by atoms with E-state index in [0.717, 1.165) is 5.56 Å². The van der Waals surface area contributed by atoms with Crippen molar-refractivity contribution in [3.05, 3.63) is 23.3 Å². The zero-order chi connectivity index (χ0) is 13.0. The van der Waals surface area contributed by atoms with Gasteiger partial charge in [0.25, 0.3) is 0 Å². The fourth-order valence-corrected chi connectivity index (χ4v) is 1.69. The number of ether oxygens (including phenoxy) is 1. The van der Waals surface area contributed by atoms with Crippen molar-refractivity contribution < 1.29 is 14.3 Å². The maximum absolute atomic E-state index is 11.7. The van der Waals surface area contributed by atoms with E-state index in [4.69, 9.17) is 16.3 Å². The first-order valence-electron chi connectivity index (χ1n) is 5.01. The van der Waals surface area contributed by atoms with Gasteiger partial charge in [0.05, 0.1) is 18.7 Å². The molecule has 0 bridgehead atoms. The number of nitrogens with zero attached hydrogens (tertiary/aromatic N) is 1. The number of methoxy groups -OCH3 is 1. The number of Topliss-reactive ketones (excluding diaryl/α,β-unsaturated/α-hetero) is 1. The van der Waals surface area contributed by atoms with Crippen molar-refractivity contribution in [2.24, 2.45) is 0 Å². The molecule has 1 aromatic carbocycles. The molecule has 0 heterocycles. The van der Waals surface area contributed by atoms with Gasteiger partial charge in [-0.05, 0) is 18.6 Å². The topological polar surface area (TPSA) is 46.6 Å². The highest BCUT2D eigenvalue weighted by Gasteiger charge is 2.16. The van der Waals surface area contributed by atoms with Gasteiger partial charge in [-0.15, -0.1) is 11.6 Å². The minimum atomic E-state index is -0.221. The van der Waals surface area contributed by atoms with Gasteiger partial charge < -0.3 is 9.64 Å². The second-order valence-electron chi connectivity index (χ2n) is 3.61. The lowest BCUT2D eigenvalue weighted by molar-refractivity contribution is -0.107. The number of hydrogen-bond donors (Lipinski definition) is 0. The quantitative estimate of drug-likeness (QED) is 0.459. The molecule has 0 saturated heterocycles. The van der Waals surface area contributed by atoms with Gasteiger partial charge in [0.1, 0.15) is 5.75 Å². The molecule has 0 aliphatic carbocycles. The maximum Gasteiger partial charge on any atom is 0.213 e. The predicted molar refractivity (Wildman–Crippen MR) is 67.2 cm³/mol. The maximum atomic E-state index is 11.7. The van der Waals surface area contributed by atoms with Crippen LogP contribution in [-0.4, -0.2) is 32.2 Å². The molecular weight excluding hydrogens is 242 g/mol. The summed E-state index contributed by atoms with van der Waals surface area (Å²) in [6.07, 6.45) is 0.634. The summed E-state index contributed by atoms with van der Waals surface area (Å²) in [4.78, 5) is 23.8. The van der Waals surface area contributed by atoms with Gasteiger partial charge in [0, 0.05) is 18.7 Å². The molecule has 1 amide bonds. The van der Waals surface area contributed by atoms with E-state index in [2.05, 4.69) is 0 Å². The highest BCUT2D eigenvalue weighted by Crippen LogP contribution is 2.29. The lowest BCUT2D eigenvalue weighted by atomic mass is 10.0. The SMILES string of the molecule is COc1cc(N(C)C=O)c(C(=O)CCl)cc1C. The Morgan fingerprint density at radius 2 is 2.18 bits per heavy atom. The largest absolute Gasteiger partial charge is 0.496 e. The van der Waals surface area contributed by atoms with E-state index in [-0.39, 0.29) is 11.7 Å². The number of hydrogen-bond acceptors (Lipinski definition) is 3. The molecule has 0 saturated carbocycles. The molecule has 0 radical (unpaired) electrons. The minimum Gasteiger partial charge on any atom is -0.496 e. The molecule has 0 fully saturated rings. The first-order chi connectivity index (χ1) is 8.04. The smallest absolute Gasteiger partial charge is 0.213 e. The monoisotopic (exact) mass is 255 g/mol. The second-order valence-corrected chi connectivity index (χ2v) is 3.88. The van der Waals surface area contributed by atoms with Gasteiger partial charge in [0.2, 0.25) is 6.41 Å². The van der Waals surface area contributed by atoms with Gasteiger partial charge in [0.15, 0.2) is 5.78 Å². The number of halogens is 1. The molecule has 1 aromatic rings. The molecule has 1 rings (SSSR count). The Morgan fingerprint density at radius 3 is 2.65 bits per heavy atom. The lowest BCUT2D eigenvalue weighted by Crippen LogP contribution is -2.18. The number of carbonyl (C=O) groups excluding carboxylic acids is 2. The number of carbonyl (C=O) groups is 2. The van der Waals surface area contributed by atoms with Crippen molar-refractivity contribution in [1.29, 1.82) is 0 Å². The summed E-state index contributed by atoms with van der Waals surface area (Å²) >= 11 is 5.54. The molecule has 0 aliphatic heterocycles. The van der Waals surface area contributed by atoms with Crippen LogP contribution in [-0.2, 0) is 4.79 Å². The Balaban J connectivity index is 3.40. The summed E-state index contributed by atoms with van der Waals surface area (Å²) in [5.41, 5.74) is 1.74. The third kappa shape index (κ3) is 2.77. The average molecular weight is 256 g/mol. The summed E-state index contributed by atoms with van der Waals surface area (Å²) in [5.74, 6) is 0.284. The number of alkyl halides is 1. The van der Waals surface area contributed by atoms with Crippen LogP contribution >= 0.6 is 11.6 Å². The summed E-state index contributed by atoms with van der Waals surface area (Å²) in [7, 11) is 3.11. The summed E-state index contributed by atoms with van der Waals surface area (Å²) in [6, 6.07) is 3.34. The minimum absolute atomic E-state index is 0.120.